The van der Waals surface area contributed by atoms with Crippen molar-refractivity contribution in [1.29, 1.82) is 0 Å². The zero-order valence-electron chi connectivity index (χ0n) is 10.2. The third-order valence-corrected chi connectivity index (χ3v) is 3.25. The van der Waals surface area contributed by atoms with Crippen LogP contribution in [0, 0.1) is 0 Å². The van der Waals surface area contributed by atoms with E-state index in [0.29, 0.717) is 18.5 Å². The van der Waals surface area contributed by atoms with Crippen molar-refractivity contribution in [2.24, 2.45) is 5.73 Å². The topological polar surface area (TPSA) is 84.3 Å². The van der Waals surface area contributed by atoms with Crippen LogP contribution >= 0.6 is 0 Å². The molecule has 2 heterocycles. The Balaban J connectivity index is 1.98. The van der Waals surface area contributed by atoms with Crippen LogP contribution in [0.4, 0.5) is 11.8 Å². The number of aromatic nitrogens is 2. The van der Waals surface area contributed by atoms with Crippen molar-refractivity contribution in [2.75, 3.05) is 43.9 Å². The largest absolute Gasteiger partial charge is 0.368 e. The third kappa shape index (κ3) is 2.83. The van der Waals surface area contributed by atoms with E-state index < -0.39 is 0 Å². The fourth-order valence-corrected chi connectivity index (χ4v) is 2.24. The Labute approximate surface area is 102 Å². The van der Waals surface area contributed by atoms with Crippen molar-refractivity contribution in [2.45, 2.75) is 12.5 Å². The molecule has 17 heavy (non-hydrogen) atoms. The van der Waals surface area contributed by atoms with Gasteiger partial charge >= 0.3 is 0 Å². The number of likely N-dealkylation sites (N-methyl/N-ethyl adjacent to an activating group) is 1. The lowest BCUT2D eigenvalue weighted by molar-refractivity contribution is 0.266. The quantitative estimate of drug-likeness (QED) is 0.735. The van der Waals surface area contributed by atoms with Gasteiger partial charge in [-0.1, -0.05) is 0 Å². The molecule has 6 nitrogen and oxygen atoms in total. The Morgan fingerprint density at radius 2 is 2.41 bits per heavy atom. The van der Waals surface area contributed by atoms with Gasteiger partial charge in [0.15, 0.2) is 0 Å². The number of nitrogen functional groups attached to an aromatic ring is 1. The minimum Gasteiger partial charge on any atom is -0.368 e. The molecule has 0 amide bonds. The molecule has 0 aromatic carbocycles. The van der Waals surface area contributed by atoms with E-state index in [-0.39, 0.29) is 0 Å². The van der Waals surface area contributed by atoms with E-state index in [9.17, 15) is 0 Å². The summed E-state index contributed by atoms with van der Waals surface area (Å²) in [5, 5.41) is 0. The van der Waals surface area contributed by atoms with Gasteiger partial charge in [0.1, 0.15) is 5.82 Å². The Morgan fingerprint density at radius 3 is 3.12 bits per heavy atom. The molecule has 0 saturated carbocycles. The van der Waals surface area contributed by atoms with Crippen molar-refractivity contribution >= 4 is 11.8 Å². The molecule has 1 saturated heterocycles. The first-order valence-corrected chi connectivity index (χ1v) is 5.94. The van der Waals surface area contributed by atoms with Crippen LogP contribution in [0.2, 0.25) is 0 Å². The van der Waals surface area contributed by atoms with Crippen molar-refractivity contribution in [3.8, 4) is 0 Å². The Kier molecular flexibility index (Phi) is 3.75. The van der Waals surface area contributed by atoms with Crippen LogP contribution in [-0.4, -0.2) is 54.1 Å². The second kappa shape index (κ2) is 5.29. The molecule has 1 aliphatic rings. The van der Waals surface area contributed by atoms with Gasteiger partial charge in [0, 0.05) is 38.4 Å². The normalized spacial score (nSPS) is 20.2. The summed E-state index contributed by atoms with van der Waals surface area (Å²) in [6.07, 6.45) is 2.84. The number of nitrogens with zero attached hydrogens (tertiary/aromatic N) is 4. The summed E-state index contributed by atoms with van der Waals surface area (Å²) < 4.78 is 0. The lowest BCUT2D eigenvalue weighted by atomic mass is 10.2. The van der Waals surface area contributed by atoms with Crippen molar-refractivity contribution in [1.82, 2.24) is 14.9 Å². The van der Waals surface area contributed by atoms with Crippen molar-refractivity contribution in [3.63, 3.8) is 0 Å². The van der Waals surface area contributed by atoms with E-state index in [2.05, 4.69) is 26.8 Å². The maximum atomic E-state index is 5.59. The van der Waals surface area contributed by atoms with Crippen LogP contribution in [0.1, 0.15) is 6.42 Å². The van der Waals surface area contributed by atoms with Crippen LogP contribution in [0.5, 0.6) is 0 Å². The highest BCUT2D eigenvalue weighted by atomic mass is 15.3. The zero-order chi connectivity index (χ0) is 12.3. The van der Waals surface area contributed by atoms with Crippen LogP contribution in [0.3, 0.4) is 0 Å². The van der Waals surface area contributed by atoms with Gasteiger partial charge in [0.05, 0.1) is 0 Å². The van der Waals surface area contributed by atoms with Gasteiger partial charge in [0.2, 0.25) is 5.95 Å². The standard InChI is InChI=1S/C11H20N6/c1-16(7-4-12)9-3-6-17(8-9)10-2-5-14-11(13)15-10/h2,5,9H,3-4,6-8,12H2,1H3,(H2,13,14,15). The number of nitrogens with two attached hydrogens (primary N) is 2. The lowest BCUT2D eigenvalue weighted by Gasteiger charge is -2.24. The van der Waals surface area contributed by atoms with Crippen LogP contribution in [-0.2, 0) is 0 Å². The summed E-state index contributed by atoms with van der Waals surface area (Å²) in [4.78, 5) is 12.7. The molecule has 2 rings (SSSR count). The fourth-order valence-electron chi connectivity index (χ4n) is 2.24. The fraction of sp³-hybridized carbons (Fsp3) is 0.636. The molecule has 0 spiro atoms. The third-order valence-electron chi connectivity index (χ3n) is 3.25. The molecule has 94 valence electrons. The van der Waals surface area contributed by atoms with Gasteiger partial charge in [-0.05, 0) is 19.5 Å². The van der Waals surface area contributed by atoms with E-state index in [1.807, 2.05) is 6.07 Å². The monoisotopic (exact) mass is 236 g/mol. The molecule has 1 aromatic rings. The van der Waals surface area contributed by atoms with Crippen LogP contribution in [0.15, 0.2) is 12.3 Å². The van der Waals surface area contributed by atoms with E-state index in [1.54, 1.807) is 6.20 Å². The predicted octanol–water partition coefficient (Wildman–Crippen LogP) is -0.472. The van der Waals surface area contributed by atoms with Gasteiger partial charge < -0.3 is 21.3 Å². The van der Waals surface area contributed by atoms with E-state index in [0.717, 1.165) is 31.9 Å². The molecular formula is C11H20N6. The number of anilines is 2. The van der Waals surface area contributed by atoms with E-state index in [1.165, 1.54) is 0 Å². The molecule has 0 bridgehead atoms. The molecule has 1 unspecified atom stereocenters. The molecule has 6 heteroatoms. The SMILES string of the molecule is CN(CCN)C1CCN(c2ccnc(N)n2)C1. The van der Waals surface area contributed by atoms with Crippen LogP contribution in [0.25, 0.3) is 0 Å². The molecule has 4 N–H and O–H groups in total. The number of rotatable bonds is 4. The molecule has 1 aliphatic heterocycles. The van der Waals surface area contributed by atoms with E-state index in [4.69, 9.17) is 11.5 Å². The van der Waals surface area contributed by atoms with Crippen molar-refractivity contribution < 1.29 is 0 Å². The molecule has 1 atom stereocenters. The summed E-state index contributed by atoms with van der Waals surface area (Å²) in [5.41, 5.74) is 11.2. The highest BCUT2D eigenvalue weighted by Gasteiger charge is 2.26. The van der Waals surface area contributed by atoms with Gasteiger partial charge in [-0.2, -0.15) is 4.98 Å². The predicted molar refractivity (Wildman–Crippen MR) is 68.7 cm³/mol. The summed E-state index contributed by atoms with van der Waals surface area (Å²) in [6.45, 7) is 3.63. The smallest absolute Gasteiger partial charge is 0.221 e. The van der Waals surface area contributed by atoms with Crippen molar-refractivity contribution in [3.05, 3.63) is 12.3 Å². The second-order valence-electron chi connectivity index (χ2n) is 4.43. The highest BCUT2D eigenvalue weighted by Crippen LogP contribution is 2.20. The first kappa shape index (κ1) is 12.1. The van der Waals surface area contributed by atoms with Gasteiger partial charge in [0.25, 0.3) is 0 Å². The maximum Gasteiger partial charge on any atom is 0.221 e. The molecular weight excluding hydrogens is 216 g/mol. The lowest BCUT2D eigenvalue weighted by Crippen LogP contribution is -2.37. The average molecular weight is 236 g/mol. The maximum absolute atomic E-state index is 5.59. The van der Waals surface area contributed by atoms with Gasteiger partial charge in [-0.25, -0.2) is 4.98 Å². The summed E-state index contributed by atoms with van der Waals surface area (Å²) in [5.74, 6) is 1.25. The molecule has 0 aliphatic carbocycles. The summed E-state index contributed by atoms with van der Waals surface area (Å²) >= 11 is 0. The zero-order valence-corrected chi connectivity index (χ0v) is 10.2. The Bertz CT molecular complexity index is 369. The van der Waals surface area contributed by atoms with Crippen LogP contribution < -0.4 is 16.4 Å². The average Bonchev–Trinajstić information content (AvgIpc) is 2.78. The minimum absolute atomic E-state index is 0.335. The minimum atomic E-state index is 0.335. The summed E-state index contributed by atoms with van der Waals surface area (Å²) in [6, 6.07) is 2.46. The molecule has 1 fully saturated rings. The Hall–Kier alpha value is -1.40. The van der Waals surface area contributed by atoms with E-state index >= 15 is 0 Å². The van der Waals surface area contributed by atoms with Gasteiger partial charge in [-0.15, -0.1) is 0 Å². The van der Waals surface area contributed by atoms with Gasteiger partial charge in [-0.3, -0.25) is 0 Å². The molecule has 1 aromatic heterocycles. The summed E-state index contributed by atoms with van der Waals surface area (Å²) in [7, 11) is 2.12. The first-order valence-electron chi connectivity index (χ1n) is 5.94. The number of hydrogen-bond acceptors (Lipinski definition) is 6. The number of hydrogen-bond donors (Lipinski definition) is 2. The second-order valence-corrected chi connectivity index (χ2v) is 4.43. The highest BCUT2D eigenvalue weighted by molar-refractivity contribution is 5.42. The Morgan fingerprint density at radius 1 is 1.59 bits per heavy atom. The first-order chi connectivity index (χ1) is 8.20. The molecule has 0 radical (unpaired) electrons.